The maximum atomic E-state index is 11.9. The fourth-order valence-electron chi connectivity index (χ4n) is 1.79. The third-order valence-corrected chi connectivity index (χ3v) is 3.36. The molecule has 0 saturated heterocycles. The highest BCUT2D eigenvalue weighted by molar-refractivity contribution is 6.34. The molecule has 2 rings (SSSR count). The molecule has 0 atom stereocenters. The first-order valence-corrected chi connectivity index (χ1v) is 7.06. The molecule has 0 unspecified atom stereocenters. The summed E-state index contributed by atoms with van der Waals surface area (Å²) in [6, 6.07) is 5.14. The van der Waals surface area contributed by atoms with Gasteiger partial charge in [-0.3, -0.25) is 9.59 Å². The molecular weight excluding hydrogens is 278 g/mol. The van der Waals surface area contributed by atoms with E-state index in [-0.39, 0.29) is 11.8 Å². The normalized spacial score (nSPS) is 13.8. The average Bonchev–Trinajstić information content (AvgIpc) is 3.18. The van der Waals surface area contributed by atoms with Crippen molar-refractivity contribution in [2.45, 2.75) is 31.7 Å². The minimum atomic E-state index is -0.252. The summed E-state index contributed by atoms with van der Waals surface area (Å²) >= 11 is 5.95. The smallest absolute Gasteiger partial charge is 0.252 e. The Kier molecular flexibility index (Phi) is 4.84. The van der Waals surface area contributed by atoms with E-state index in [9.17, 15) is 9.59 Å². The van der Waals surface area contributed by atoms with Gasteiger partial charge in [-0.2, -0.15) is 0 Å². The third-order valence-electron chi connectivity index (χ3n) is 3.05. The molecular formula is C14H18ClN3O2. The molecule has 1 aromatic carbocycles. The van der Waals surface area contributed by atoms with Crippen molar-refractivity contribution < 1.29 is 9.59 Å². The molecule has 0 spiro atoms. The van der Waals surface area contributed by atoms with Gasteiger partial charge >= 0.3 is 0 Å². The van der Waals surface area contributed by atoms with E-state index < -0.39 is 0 Å². The van der Waals surface area contributed by atoms with E-state index in [1.54, 1.807) is 18.2 Å². The molecule has 1 fully saturated rings. The zero-order chi connectivity index (χ0) is 14.5. The van der Waals surface area contributed by atoms with Gasteiger partial charge in [0.1, 0.15) is 0 Å². The monoisotopic (exact) mass is 295 g/mol. The number of benzene rings is 1. The van der Waals surface area contributed by atoms with Gasteiger partial charge in [0, 0.05) is 24.7 Å². The molecule has 4 N–H and O–H groups in total. The third kappa shape index (κ3) is 4.42. The second kappa shape index (κ2) is 6.61. The number of anilines is 1. The molecule has 0 aromatic heterocycles. The number of carbonyl (C=O) groups excluding carboxylic acids is 2. The molecule has 5 nitrogen and oxygen atoms in total. The highest BCUT2D eigenvalue weighted by Crippen LogP contribution is 2.19. The quantitative estimate of drug-likeness (QED) is 0.552. The van der Waals surface area contributed by atoms with Gasteiger partial charge < -0.3 is 16.4 Å². The first-order valence-electron chi connectivity index (χ1n) is 6.69. The molecule has 20 heavy (non-hydrogen) atoms. The number of halogens is 1. The zero-order valence-corrected chi connectivity index (χ0v) is 11.9. The van der Waals surface area contributed by atoms with Crippen LogP contribution in [0.3, 0.4) is 0 Å². The predicted molar refractivity (Wildman–Crippen MR) is 78.6 cm³/mol. The van der Waals surface area contributed by atoms with Gasteiger partial charge in [0.15, 0.2) is 0 Å². The van der Waals surface area contributed by atoms with Gasteiger partial charge in [-0.05, 0) is 37.5 Å². The summed E-state index contributed by atoms with van der Waals surface area (Å²) < 4.78 is 0. The first-order chi connectivity index (χ1) is 9.56. The van der Waals surface area contributed by atoms with Crippen molar-refractivity contribution in [2.75, 3.05) is 12.3 Å². The van der Waals surface area contributed by atoms with E-state index in [0.29, 0.717) is 41.7 Å². The van der Waals surface area contributed by atoms with Crippen LogP contribution in [0.2, 0.25) is 5.02 Å². The van der Waals surface area contributed by atoms with Crippen LogP contribution in [0, 0.1) is 0 Å². The van der Waals surface area contributed by atoms with Gasteiger partial charge in [-0.15, -0.1) is 0 Å². The minimum Gasteiger partial charge on any atom is -0.399 e. The van der Waals surface area contributed by atoms with Crippen LogP contribution < -0.4 is 16.4 Å². The van der Waals surface area contributed by atoms with Crippen molar-refractivity contribution >= 4 is 29.1 Å². The maximum absolute atomic E-state index is 11.9. The summed E-state index contributed by atoms with van der Waals surface area (Å²) in [6.45, 7) is 0.442. The van der Waals surface area contributed by atoms with Crippen molar-refractivity contribution in [3.8, 4) is 0 Å². The molecule has 1 aliphatic rings. The van der Waals surface area contributed by atoms with E-state index in [2.05, 4.69) is 10.6 Å². The Morgan fingerprint density at radius 2 is 2.10 bits per heavy atom. The topological polar surface area (TPSA) is 84.2 Å². The van der Waals surface area contributed by atoms with Crippen LogP contribution in [-0.2, 0) is 4.79 Å². The summed E-state index contributed by atoms with van der Waals surface area (Å²) in [5.74, 6) is -0.204. The number of nitrogens with two attached hydrogens (primary N) is 1. The van der Waals surface area contributed by atoms with Crippen molar-refractivity contribution in [1.82, 2.24) is 10.6 Å². The molecule has 0 heterocycles. The second-order valence-corrected chi connectivity index (χ2v) is 5.35. The molecule has 0 radical (unpaired) electrons. The number of hydrogen-bond acceptors (Lipinski definition) is 3. The zero-order valence-electron chi connectivity index (χ0n) is 11.1. The summed E-state index contributed by atoms with van der Waals surface area (Å²) in [5, 5.41) is 5.97. The summed E-state index contributed by atoms with van der Waals surface area (Å²) in [6.07, 6.45) is 3.19. The highest BCUT2D eigenvalue weighted by atomic mass is 35.5. The van der Waals surface area contributed by atoms with Crippen LogP contribution in [0.15, 0.2) is 18.2 Å². The molecule has 108 valence electrons. The Bertz CT molecular complexity index is 515. The van der Waals surface area contributed by atoms with Crippen LogP contribution in [0.25, 0.3) is 0 Å². The Morgan fingerprint density at radius 3 is 2.75 bits per heavy atom. The number of hydrogen-bond donors (Lipinski definition) is 3. The number of nitrogens with one attached hydrogen (secondary N) is 2. The molecule has 0 aliphatic heterocycles. The predicted octanol–water partition coefficient (Wildman–Crippen LogP) is 1.71. The molecule has 1 aliphatic carbocycles. The SMILES string of the molecule is Nc1ccc(C(=O)NCCCC(=O)NC2CC2)c(Cl)c1. The van der Waals surface area contributed by atoms with Gasteiger partial charge in [0.25, 0.3) is 5.91 Å². The van der Waals surface area contributed by atoms with E-state index in [0.717, 1.165) is 12.8 Å². The van der Waals surface area contributed by atoms with Gasteiger partial charge in [-0.25, -0.2) is 0 Å². The van der Waals surface area contributed by atoms with Gasteiger partial charge in [0.05, 0.1) is 10.6 Å². The lowest BCUT2D eigenvalue weighted by molar-refractivity contribution is -0.121. The molecule has 0 bridgehead atoms. The first kappa shape index (κ1) is 14.7. The molecule has 1 aromatic rings. The summed E-state index contributed by atoms with van der Waals surface area (Å²) in [4.78, 5) is 23.3. The second-order valence-electron chi connectivity index (χ2n) is 4.94. The van der Waals surface area contributed by atoms with E-state index >= 15 is 0 Å². The van der Waals surface area contributed by atoms with Crippen LogP contribution in [0.5, 0.6) is 0 Å². The number of rotatable bonds is 6. The fourth-order valence-corrected chi connectivity index (χ4v) is 2.06. The largest absolute Gasteiger partial charge is 0.399 e. The Labute approximate surface area is 122 Å². The summed E-state index contributed by atoms with van der Waals surface area (Å²) in [7, 11) is 0. The van der Waals surface area contributed by atoms with E-state index in [4.69, 9.17) is 17.3 Å². The highest BCUT2D eigenvalue weighted by Gasteiger charge is 2.22. The van der Waals surface area contributed by atoms with Gasteiger partial charge in [-0.1, -0.05) is 11.6 Å². The molecule has 1 saturated carbocycles. The maximum Gasteiger partial charge on any atom is 0.252 e. The number of amides is 2. The van der Waals surface area contributed by atoms with Crippen molar-refractivity contribution in [3.05, 3.63) is 28.8 Å². The molecule has 2 amide bonds. The fraction of sp³-hybridized carbons (Fsp3) is 0.429. The molecule has 6 heteroatoms. The number of carbonyl (C=O) groups is 2. The standard InChI is InChI=1S/C14H18ClN3O2/c15-12-8-9(16)3-6-11(12)14(20)17-7-1-2-13(19)18-10-4-5-10/h3,6,8,10H,1-2,4-5,7,16H2,(H,17,20)(H,18,19). The van der Waals surface area contributed by atoms with Crippen molar-refractivity contribution in [1.29, 1.82) is 0 Å². The van der Waals surface area contributed by atoms with Crippen LogP contribution in [-0.4, -0.2) is 24.4 Å². The van der Waals surface area contributed by atoms with Crippen LogP contribution in [0.1, 0.15) is 36.0 Å². The van der Waals surface area contributed by atoms with E-state index in [1.807, 2.05) is 0 Å². The lowest BCUT2D eigenvalue weighted by atomic mass is 10.2. The van der Waals surface area contributed by atoms with Crippen LogP contribution in [0.4, 0.5) is 5.69 Å². The van der Waals surface area contributed by atoms with E-state index in [1.165, 1.54) is 0 Å². The Balaban J connectivity index is 1.70. The van der Waals surface area contributed by atoms with Gasteiger partial charge in [0.2, 0.25) is 5.91 Å². The van der Waals surface area contributed by atoms with Crippen molar-refractivity contribution in [3.63, 3.8) is 0 Å². The Morgan fingerprint density at radius 1 is 1.35 bits per heavy atom. The lowest BCUT2D eigenvalue weighted by Gasteiger charge is -2.07. The van der Waals surface area contributed by atoms with Crippen LogP contribution >= 0.6 is 11.6 Å². The minimum absolute atomic E-state index is 0.0484. The summed E-state index contributed by atoms with van der Waals surface area (Å²) in [5.41, 5.74) is 6.48. The van der Waals surface area contributed by atoms with Crippen molar-refractivity contribution in [2.24, 2.45) is 0 Å². The Hall–Kier alpha value is -1.75. The average molecular weight is 296 g/mol. The lowest BCUT2D eigenvalue weighted by Crippen LogP contribution is -2.28. The number of nitrogen functional groups attached to an aromatic ring is 1.